The Morgan fingerprint density at radius 3 is 2.48 bits per heavy atom. The van der Waals surface area contributed by atoms with Gasteiger partial charge in [0.15, 0.2) is 16.4 Å². The Kier molecular flexibility index (Phi) is 5.06. The van der Waals surface area contributed by atoms with Crippen LogP contribution in [0.2, 0.25) is 0 Å². The van der Waals surface area contributed by atoms with E-state index >= 15 is 0 Å². The molecule has 0 aliphatic carbocycles. The van der Waals surface area contributed by atoms with Crippen molar-refractivity contribution in [1.29, 1.82) is 0 Å². The van der Waals surface area contributed by atoms with Gasteiger partial charge in [0.1, 0.15) is 0 Å². The summed E-state index contributed by atoms with van der Waals surface area (Å²) in [6, 6.07) is 6.16. The molecule has 0 aromatic heterocycles. The monoisotopic (exact) mass is 341 g/mol. The lowest BCUT2D eigenvalue weighted by atomic mass is 10.0. The second kappa shape index (κ2) is 6.67. The van der Waals surface area contributed by atoms with Gasteiger partial charge >= 0.3 is 5.97 Å². The summed E-state index contributed by atoms with van der Waals surface area (Å²) in [4.78, 5) is 23.6. The van der Waals surface area contributed by atoms with Gasteiger partial charge in [0.05, 0.1) is 29.2 Å². The van der Waals surface area contributed by atoms with E-state index in [1.807, 2.05) is 0 Å². The molecule has 1 amide bonds. The molecule has 126 valence electrons. The molecule has 1 aromatic carbocycles. The zero-order chi connectivity index (χ0) is 17.1. The van der Waals surface area contributed by atoms with E-state index in [4.69, 9.17) is 9.84 Å². The fourth-order valence-electron chi connectivity index (χ4n) is 2.44. The maximum atomic E-state index is 11.8. The van der Waals surface area contributed by atoms with Gasteiger partial charge in [-0.1, -0.05) is 12.1 Å². The fraction of sp³-hybridized carbons (Fsp3) is 0.467. The molecule has 2 rings (SSSR count). The number of hydrogen-bond donors (Lipinski definition) is 2. The third kappa shape index (κ3) is 4.77. The van der Waals surface area contributed by atoms with Crippen LogP contribution < -0.4 is 5.32 Å². The number of ether oxygens (including phenoxy) is 1. The highest BCUT2D eigenvalue weighted by molar-refractivity contribution is 7.91. The van der Waals surface area contributed by atoms with Crippen molar-refractivity contribution in [2.75, 3.05) is 18.1 Å². The van der Waals surface area contributed by atoms with E-state index in [0.29, 0.717) is 12.0 Å². The number of benzene rings is 1. The highest BCUT2D eigenvalue weighted by Gasteiger charge is 2.39. The average molecular weight is 341 g/mol. The number of sulfone groups is 1. The van der Waals surface area contributed by atoms with Gasteiger partial charge in [0, 0.05) is 0 Å². The first kappa shape index (κ1) is 17.4. The van der Waals surface area contributed by atoms with Crippen molar-refractivity contribution in [3.8, 4) is 0 Å². The minimum Gasteiger partial charge on any atom is -0.452 e. The molecule has 0 unspecified atom stereocenters. The lowest BCUT2D eigenvalue weighted by Crippen LogP contribution is -2.48. The van der Waals surface area contributed by atoms with Crippen LogP contribution in [0.3, 0.4) is 0 Å². The normalized spacial score (nSPS) is 22.5. The van der Waals surface area contributed by atoms with Gasteiger partial charge in [-0.3, -0.25) is 4.79 Å². The van der Waals surface area contributed by atoms with E-state index in [-0.39, 0.29) is 23.7 Å². The van der Waals surface area contributed by atoms with Gasteiger partial charge in [-0.15, -0.1) is 0 Å². The van der Waals surface area contributed by atoms with Crippen molar-refractivity contribution < 1.29 is 27.9 Å². The third-order valence-electron chi connectivity index (χ3n) is 3.65. The van der Waals surface area contributed by atoms with Crippen molar-refractivity contribution in [2.45, 2.75) is 25.5 Å². The van der Waals surface area contributed by atoms with Gasteiger partial charge in [0.2, 0.25) is 0 Å². The molecule has 1 saturated heterocycles. The van der Waals surface area contributed by atoms with Crippen LogP contribution in [0.1, 0.15) is 29.3 Å². The molecule has 0 saturated carbocycles. The quantitative estimate of drug-likeness (QED) is 0.731. The van der Waals surface area contributed by atoms with E-state index < -0.39 is 33.9 Å². The van der Waals surface area contributed by atoms with Gasteiger partial charge in [-0.2, -0.15) is 0 Å². The zero-order valence-corrected chi connectivity index (χ0v) is 13.6. The predicted octanol–water partition coefficient (Wildman–Crippen LogP) is 0.0291. The molecule has 0 bridgehead atoms. The largest absolute Gasteiger partial charge is 0.452 e. The number of rotatable bonds is 5. The Hall–Kier alpha value is -1.93. The maximum absolute atomic E-state index is 11.8. The standard InChI is InChI=1S/C15H19NO6S/c1-15(6-7-23(20,21)10-15)16-13(18)9-22-14(19)12-4-2-11(8-17)3-5-12/h2-5,17H,6-10H2,1H3,(H,16,18)/t15-/m0/s1. The summed E-state index contributed by atoms with van der Waals surface area (Å²) in [5.74, 6) is -1.26. The highest BCUT2D eigenvalue weighted by Crippen LogP contribution is 2.22. The van der Waals surface area contributed by atoms with Crippen LogP contribution in [0.25, 0.3) is 0 Å². The van der Waals surface area contributed by atoms with E-state index in [1.165, 1.54) is 12.1 Å². The van der Waals surface area contributed by atoms with E-state index in [2.05, 4.69) is 5.32 Å². The molecular formula is C15H19NO6S. The van der Waals surface area contributed by atoms with Crippen molar-refractivity contribution >= 4 is 21.7 Å². The van der Waals surface area contributed by atoms with Crippen molar-refractivity contribution in [2.24, 2.45) is 0 Å². The van der Waals surface area contributed by atoms with Crippen LogP contribution in [-0.2, 0) is 26.0 Å². The van der Waals surface area contributed by atoms with Crippen LogP contribution in [-0.4, -0.2) is 49.1 Å². The van der Waals surface area contributed by atoms with E-state index in [1.54, 1.807) is 19.1 Å². The van der Waals surface area contributed by atoms with Crippen LogP contribution >= 0.6 is 0 Å². The maximum Gasteiger partial charge on any atom is 0.338 e. The Bertz CT molecular complexity index is 697. The summed E-state index contributed by atoms with van der Waals surface area (Å²) in [6.45, 7) is 1.06. The van der Waals surface area contributed by atoms with Crippen LogP contribution in [0, 0.1) is 0 Å². The lowest BCUT2D eigenvalue weighted by molar-refractivity contribution is -0.125. The van der Waals surface area contributed by atoms with Crippen LogP contribution in [0.15, 0.2) is 24.3 Å². The predicted molar refractivity (Wildman–Crippen MR) is 82.5 cm³/mol. The molecule has 1 heterocycles. The number of aliphatic hydroxyl groups is 1. The average Bonchev–Trinajstić information content (AvgIpc) is 2.78. The summed E-state index contributed by atoms with van der Waals surface area (Å²) >= 11 is 0. The molecule has 0 spiro atoms. The number of carbonyl (C=O) groups excluding carboxylic acids is 2. The summed E-state index contributed by atoms with van der Waals surface area (Å²) in [5, 5.41) is 11.5. The molecule has 2 N–H and O–H groups in total. The summed E-state index contributed by atoms with van der Waals surface area (Å²) in [5.41, 5.74) is 0.116. The summed E-state index contributed by atoms with van der Waals surface area (Å²) in [7, 11) is -3.12. The molecule has 0 radical (unpaired) electrons. The highest BCUT2D eigenvalue weighted by atomic mass is 32.2. The molecule has 23 heavy (non-hydrogen) atoms. The van der Waals surface area contributed by atoms with E-state index in [0.717, 1.165) is 0 Å². The number of carbonyl (C=O) groups is 2. The lowest BCUT2D eigenvalue weighted by Gasteiger charge is -2.23. The molecule has 7 nitrogen and oxygen atoms in total. The molecule has 1 aliphatic rings. The van der Waals surface area contributed by atoms with E-state index in [9.17, 15) is 18.0 Å². The second-order valence-electron chi connectivity index (χ2n) is 5.88. The third-order valence-corrected chi connectivity index (χ3v) is 5.55. The Morgan fingerprint density at radius 1 is 1.30 bits per heavy atom. The van der Waals surface area contributed by atoms with Gasteiger partial charge < -0.3 is 15.2 Å². The Labute approximate surface area is 134 Å². The van der Waals surface area contributed by atoms with Gasteiger partial charge in [-0.05, 0) is 31.0 Å². The van der Waals surface area contributed by atoms with Crippen LogP contribution in [0.4, 0.5) is 0 Å². The number of nitrogens with one attached hydrogen (secondary N) is 1. The molecule has 1 atom stereocenters. The van der Waals surface area contributed by atoms with Crippen molar-refractivity contribution in [1.82, 2.24) is 5.32 Å². The molecule has 1 fully saturated rings. The fourth-order valence-corrected chi connectivity index (χ4v) is 4.54. The van der Waals surface area contributed by atoms with Crippen molar-refractivity contribution in [3.05, 3.63) is 35.4 Å². The minimum absolute atomic E-state index is 0.0424. The van der Waals surface area contributed by atoms with Crippen LogP contribution in [0.5, 0.6) is 0 Å². The number of aliphatic hydroxyl groups excluding tert-OH is 1. The summed E-state index contributed by atoms with van der Waals surface area (Å²) < 4.78 is 27.9. The first-order valence-electron chi connectivity index (χ1n) is 7.11. The molecule has 8 heteroatoms. The Balaban J connectivity index is 1.85. The van der Waals surface area contributed by atoms with Crippen molar-refractivity contribution in [3.63, 3.8) is 0 Å². The first-order chi connectivity index (χ1) is 10.7. The number of esters is 1. The zero-order valence-electron chi connectivity index (χ0n) is 12.7. The summed E-state index contributed by atoms with van der Waals surface area (Å²) in [6.07, 6.45) is 0.345. The Morgan fingerprint density at radius 2 is 1.96 bits per heavy atom. The topological polar surface area (TPSA) is 110 Å². The smallest absolute Gasteiger partial charge is 0.338 e. The second-order valence-corrected chi connectivity index (χ2v) is 8.07. The molecule has 1 aliphatic heterocycles. The number of hydrogen-bond acceptors (Lipinski definition) is 6. The first-order valence-corrected chi connectivity index (χ1v) is 8.93. The SMILES string of the molecule is C[C@]1(NC(=O)COC(=O)c2ccc(CO)cc2)CCS(=O)(=O)C1. The van der Waals surface area contributed by atoms with Gasteiger partial charge in [-0.25, -0.2) is 13.2 Å². The minimum atomic E-state index is -3.12. The number of amides is 1. The van der Waals surface area contributed by atoms with Gasteiger partial charge in [0.25, 0.3) is 5.91 Å². The molecular weight excluding hydrogens is 322 g/mol. The molecule has 1 aromatic rings.